The first-order valence-electron chi connectivity index (χ1n) is 10.7. The van der Waals surface area contributed by atoms with Crippen LogP contribution in [0.25, 0.3) is 11.0 Å². The van der Waals surface area contributed by atoms with E-state index in [0.717, 1.165) is 0 Å². The van der Waals surface area contributed by atoms with Crippen molar-refractivity contribution in [1.82, 2.24) is 0 Å². The van der Waals surface area contributed by atoms with Crippen LogP contribution in [0, 0.1) is 0 Å². The number of methoxy groups -OCH3 is 1. The summed E-state index contributed by atoms with van der Waals surface area (Å²) in [4.78, 5) is 28.9. The van der Waals surface area contributed by atoms with Crippen LogP contribution >= 0.6 is 27.5 Å². The topological polar surface area (TPSA) is 89.2 Å². The van der Waals surface area contributed by atoms with Gasteiger partial charge in [0.25, 0.3) is 5.91 Å². The lowest BCUT2D eigenvalue weighted by molar-refractivity contribution is 0.0971. The number of amides is 1. The van der Waals surface area contributed by atoms with Crippen molar-refractivity contribution in [3.63, 3.8) is 0 Å². The standard InChI is InChI=1S/C26H19BrClNO6/c1-3-34-16-7-5-15(6-8-16)29-22(13-10-18(27)24(31)20(11-13)33-2)21-23(30)17-12-14(28)4-9-19(17)35-25(21)26(29)32/h4-12,22,31H,3H2,1-2H3. The Bertz CT molecular complexity index is 1530. The number of carbonyl (C=O) groups is 1. The molecule has 0 saturated heterocycles. The van der Waals surface area contributed by atoms with Crippen LogP contribution in [-0.4, -0.2) is 24.7 Å². The fourth-order valence-corrected chi connectivity index (χ4v) is 4.94. The molecule has 4 aromatic rings. The Hall–Kier alpha value is -3.49. The van der Waals surface area contributed by atoms with Crippen molar-refractivity contribution in [3.8, 4) is 17.2 Å². The van der Waals surface area contributed by atoms with E-state index in [-0.39, 0.29) is 39.2 Å². The summed E-state index contributed by atoms with van der Waals surface area (Å²) in [7, 11) is 1.42. The number of hydrogen-bond acceptors (Lipinski definition) is 6. The van der Waals surface area contributed by atoms with Crippen LogP contribution in [0.15, 0.2) is 68.3 Å². The molecular weight excluding hydrogens is 538 g/mol. The van der Waals surface area contributed by atoms with Gasteiger partial charge in [-0.1, -0.05) is 11.6 Å². The van der Waals surface area contributed by atoms with E-state index in [1.807, 2.05) is 6.92 Å². The number of anilines is 1. The zero-order valence-electron chi connectivity index (χ0n) is 18.7. The van der Waals surface area contributed by atoms with Crippen LogP contribution in [-0.2, 0) is 0 Å². The third kappa shape index (κ3) is 3.83. The Morgan fingerprint density at radius 1 is 1.11 bits per heavy atom. The predicted molar refractivity (Wildman–Crippen MR) is 136 cm³/mol. The zero-order valence-corrected chi connectivity index (χ0v) is 21.0. The molecular formula is C26H19BrClNO6. The third-order valence-corrected chi connectivity index (χ3v) is 6.68. The molecule has 1 amide bonds. The predicted octanol–water partition coefficient (Wildman–Crippen LogP) is 6.07. The second-order valence-corrected chi connectivity index (χ2v) is 9.16. The van der Waals surface area contributed by atoms with E-state index in [1.54, 1.807) is 48.5 Å². The molecule has 0 aliphatic carbocycles. The van der Waals surface area contributed by atoms with Crippen molar-refractivity contribution in [1.29, 1.82) is 0 Å². The molecule has 1 atom stereocenters. The number of hydrogen-bond donors (Lipinski definition) is 1. The fourth-order valence-electron chi connectivity index (χ4n) is 4.30. The molecule has 178 valence electrons. The molecule has 5 rings (SSSR count). The zero-order chi connectivity index (χ0) is 24.9. The van der Waals surface area contributed by atoms with E-state index in [4.69, 9.17) is 25.5 Å². The van der Waals surface area contributed by atoms with Gasteiger partial charge in [-0.3, -0.25) is 14.5 Å². The minimum absolute atomic E-state index is 0.0492. The van der Waals surface area contributed by atoms with E-state index in [0.29, 0.717) is 33.1 Å². The van der Waals surface area contributed by atoms with Gasteiger partial charge < -0.3 is 19.0 Å². The molecule has 0 fully saturated rings. The number of aromatic hydroxyl groups is 1. The van der Waals surface area contributed by atoms with Gasteiger partial charge in [0.1, 0.15) is 11.3 Å². The number of benzene rings is 3. The molecule has 1 aliphatic heterocycles. The van der Waals surface area contributed by atoms with Crippen molar-refractivity contribution in [3.05, 3.63) is 91.2 Å². The lowest BCUT2D eigenvalue weighted by atomic mass is 9.97. The van der Waals surface area contributed by atoms with Crippen LogP contribution in [0.1, 0.15) is 34.6 Å². The lowest BCUT2D eigenvalue weighted by Gasteiger charge is -2.26. The molecule has 1 N–H and O–H groups in total. The largest absolute Gasteiger partial charge is 0.503 e. The van der Waals surface area contributed by atoms with Crippen LogP contribution < -0.4 is 19.8 Å². The smallest absolute Gasteiger partial charge is 0.295 e. The Labute approximate surface area is 213 Å². The van der Waals surface area contributed by atoms with Crippen LogP contribution in [0.3, 0.4) is 0 Å². The summed E-state index contributed by atoms with van der Waals surface area (Å²) in [6, 6.07) is 14.1. The van der Waals surface area contributed by atoms with Gasteiger partial charge in [-0.15, -0.1) is 0 Å². The van der Waals surface area contributed by atoms with E-state index >= 15 is 0 Å². The Balaban J connectivity index is 1.78. The summed E-state index contributed by atoms with van der Waals surface area (Å²) in [6.45, 7) is 2.39. The van der Waals surface area contributed by atoms with Crippen LogP contribution in [0.5, 0.6) is 17.2 Å². The SMILES string of the molecule is CCOc1ccc(N2C(=O)c3oc4ccc(Cl)cc4c(=O)c3C2c2cc(Br)c(O)c(OC)c2)cc1. The van der Waals surface area contributed by atoms with E-state index in [2.05, 4.69) is 15.9 Å². The van der Waals surface area contributed by atoms with Gasteiger partial charge in [0.15, 0.2) is 16.9 Å². The molecule has 1 aromatic heterocycles. The van der Waals surface area contributed by atoms with Crippen molar-refractivity contribution in [2.45, 2.75) is 13.0 Å². The first kappa shape index (κ1) is 23.3. The molecule has 0 radical (unpaired) electrons. The third-order valence-electron chi connectivity index (χ3n) is 5.84. The highest BCUT2D eigenvalue weighted by atomic mass is 79.9. The molecule has 2 heterocycles. The molecule has 7 nitrogen and oxygen atoms in total. The van der Waals surface area contributed by atoms with Gasteiger partial charge in [0.2, 0.25) is 5.76 Å². The molecule has 1 aliphatic rings. The number of phenolic OH excluding ortho intramolecular Hbond substituents is 1. The Kier molecular flexibility index (Phi) is 5.94. The quantitative estimate of drug-likeness (QED) is 0.321. The Morgan fingerprint density at radius 3 is 2.54 bits per heavy atom. The number of rotatable bonds is 5. The highest BCUT2D eigenvalue weighted by Gasteiger charge is 2.44. The van der Waals surface area contributed by atoms with E-state index in [1.165, 1.54) is 18.1 Å². The second-order valence-electron chi connectivity index (χ2n) is 7.87. The molecule has 1 unspecified atom stereocenters. The van der Waals surface area contributed by atoms with Crippen molar-refractivity contribution >= 4 is 50.1 Å². The van der Waals surface area contributed by atoms with Gasteiger partial charge >= 0.3 is 0 Å². The molecule has 3 aromatic carbocycles. The summed E-state index contributed by atoms with van der Waals surface area (Å²) in [5, 5.41) is 11.0. The number of ether oxygens (including phenoxy) is 2. The first-order chi connectivity index (χ1) is 16.8. The summed E-state index contributed by atoms with van der Waals surface area (Å²) < 4.78 is 17.2. The molecule has 0 bridgehead atoms. The number of phenols is 1. The average Bonchev–Trinajstić information content (AvgIpc) is 3.14. The highest BCUT2D eigenvalue weighted by Crippen LogP contribution is 2.45. The van der Waals surface area contributed by atoms with Gasteiger partial charge in [-0.05, 0) is 83.0 Å². The monoisotopic (exact) mass is 555 g/mol. The maximum Gasteiger partial charge on any atom is 0.295 e. The van der Waals surface area contributed by atoms with E-state index < -0.39 is 11.9 Å². The molecule has 35 heavy (non-hydrogen) atoms. The maximum atomic E-state index is 13.7. The minimum Gasteiger partial charge on any atom is -0.503 e. The molecule has 0 saturated carbocycles. The molecule has 0 spiro atoms. The van der Waals surface area contributed by atoms with Gasteiger partial charge in [-0.2, -0.15) is 0 Å². The van der Waals surface area contributed by atoms with Gasteiger partial charge in [0.05, 0.1) is 35.2 Å². The summed E-state index contributed by atoms with van der Waals surface area (Å²) in [6.07, 6.45) is 0. The average molecular weight is 557 g/mol. The van der Waals surface area contributed by atoms with Gasteiger partial charge in [0, 0.05) is 10.7 Å². The summed E-state index contributed by atoms with van der Waals surface area (Å²) in [5.74, 6) is 0.236. The second kappa shape index (κ2) is 8.94. The number of nitrogens with zero attached hydrogens (tertiary/aromatic N) is 1. The van der Waals surface area contributed by atoms with Crippen LogP contribution in [0.2, 0.25) is 5.02 Å². The number of fused-ring (bicyclic) bond motifs is 2. The summed E-state index contributed by atoms with van der Waals surface area (Å²) in [5.41, 5.74) is 1.17. The number of halogens is 2. The van der Waals surface area contributed by atoms with E-state index in [9.17, 15) is 14.7 Å². The van der Waals surface area contributed by atoms with Crippen LogP contribution in [0.4, 0.5) is 5.69 Å². The molecule has 9 heteroatoms. The van der Waals surface area contributed by atoms with Crippen molar-refractivity contribution in [2.24, 2.45) is 0 Å². The van der Waals surface area contributed by atoms with Crippen molar-refractivity contribution in [2.75, 3.05) is 18.6 Å². The fraction of sp³-hybridized carbons (Fsp3) is 0.154. The maximum absolute atomic E-state index is 13.7. The normalized spacial score (nSPS) is 14.9. The highest BCUT2D eigenvalue weighted by molar-refractivity contribution is 9.10. The first-order valence-corrected chi connectivity index (χ1v) is 11.9. The van der Waals surface area contributed by atoms with Crippen molar-refractivity contribution < 1.29 is 23.8 Å². The van der Waals surface area contributed by atoms with Gasteiger partial charge in [-0.25, -0.2) is 0 Å². The summed E-state index contributed by atoms with van der Waals surface area (Å²) >= 11 is 9.49. The lowest BCUT2D eigenvalue weighted by Crippen LogP contribution is -2.29. The number of carbonyl (C=O) groups excluding carboxylic acids is 1. The minimum atomic E-state index is -0.846. The Morgan fingerprint density at radius 2 is 1.86 bits per heavy atom.